The molecule has 0 aromatic carbocycles. The molecule has 3 heteroatoms. The van der Waals surface area contributed by atoms with Crippen LogP contribution in [0.4, 0.5) is 0 Å². The van der Waals surface area contributed by atoms with Gasteiger partial charge in [-0.25, -0.2) is 0 Å². The summed E-state index contributed by atoms with van der Waals surface area (Å²) in [7, 11) is 0. The van der Waals surface area contributed by atoms with E-state index >= 15 is 4.79 Å². The molecule has 42 heavy (non-hydrogen) atoms. The van der Waals surface area contributed by atoms with Crippen molar-refractivity contribution in [3.63, 3.8) is 0 Å². The van der Waals surface area contributed by atoms with Crippen LogP contribution in [0.2, 0.25) is 0 Å². The Morgan fingerprint density at radius 2 is 0.786 bits per heavy atom. The summed E-state index contributed by atoms with van der Waals surface area (Å²) in [5, 5.41) is 0. The van der Waals surface area contributed by atoms with E-state index in [4.69, 9.17) is 0 Å². The predicted molar refractivity (Wildman–Crippen MR) is 174 cm³/mol. The molecule has 0 heterocycles. The first-order valence-corrected chi connectivity index (χ1v) is 18.9. The van der Waals surface area contributed by atoms with Gasteiger partial charge in [0.25, 0.3) is 0 Å². The van der Waals surface area contributed by atoms with Gasteiger partial charge in [-0.3, -0.25) is 14.4 Å². The lowest BCUT2D eigenvalue weighted by atomic mass is 9.47. The van der Waals surface area contributed by atoms with Gasteiger partial charge in [0.2, 0.25) is 0 Å². The van der Waals surface area contributed by atoms with Crippen LogP contribution < -0.4 is 0 Å². The summed E-state index contributed by atoms with van der Waals surface area (Å²) >= 11 is 0. The lowest BCUT2D eigenvalue weighted by Crippen LogP contribution is -2.56. The summed E-state index contributed by atoms with van der Waals surface area (Å²) in [5.41, 5.74) is -0.560. The number of carbonyl (C=O) groups excluding carboxylic acids is 3. The van der Waals surface area contributed by atoms with Crippen molar-refractivity contribution in [3.05, 3.63) is 0 Å². The maximum Gasteiger partial charge on any atom is 0.145 e. The third kappa shape index (κ3) is 7.44. The average molecular weight is 583 g/mol. The van der Waals surface area contributed by atoms with E-state index in [1.54, 1.807) is 0 Å². The topological polar surface area (TPSA) is 51.2 Å². The Morgan fingerprint density at radius 1 is 0.476 bits per heavy atom. The Labute approximate surface area is 259 Å². The second-order valence-corrected chi connectivity index (χ2v) is 15.8. The molecule has 0 saturated heterocycles. The summed E-state index contributed by atoms with van der Waals surface area (Å²) in [5.74, 6) is 3.85. The molecule has 0 aromatic heterocycles. The highest BCUT2D eigenvalue weighted by atomic mass is 16.1. The van der Waals surface area contributed by atoms with E-state index in [2.05, 4.69) is 27.7 Å². The number of unbranched alkanes of at least 4 members (excludes halogenated alkanes) is 2. The van der Waals surface area contributed by atoms with Crippen molar-refractivity contribution in [2.45, 2.75) is 182 Å². The van der Waals surface area contributed by atoms with E-state index in [9.17, 15) is 9.59 Å². The number of carbonyl (C=O) groups is 3. The quantitative estimate of drug-likeness (QED) is 0.205. The van der Waals surface area contributed by atoms with Gasteiger partial charge in [-0.1, -0.05) is 79.1 Å². The second-order valence-electron chi connectivity index (χ2n) is 15.8. The van der Waals surface area contributed by atoms with Gasteiger partial charge in [0.1, 0.15) is 17.3 Å². The Balaban J connectivity index is 1.59. The Morgan fingerprint density at radius 3 is 1.10 bits per heavy atom. The molecular formula is C39H66O3. The third-order valence-corrected chi connectivity index (χ3v) is 13.5. The number of rotatable bonds is 14. The van der Waals surface area contributed by atoms with E-state index < -0.39 is 0 Å². The molecule has 2 unspecified atom stereocenters. The minimum Gasteiger partial charge on any atom is -0.299 e. The molecule has 0 spiro atoms. The smallest absolute Gasteiger partial charge is 0.145 e. The monoisotopic (exact) mass is 583 g/mol. The van der Waals surface area contributed by atoms with Gasteiger partial charge in [0, 0.05) is 35.5 Å². The second kappa shape index (κ2) is 15.8. The summed E-state index contributed by atoms with van der Waals surface area (Å²) in [4.78, 5) is 41.6. The molecule has 0 amide bonds. The van der Waals surface area contributed by atoms with Crippen molar-refractivity contribution in [2.75, 3.05) is 0 Å². The number of ketones is 3. The molecule has 0 aromatic rings. The first-order valence-electron chi connectivity index (χ1n) is 18.9. The van der Waals surface area contributed by atoms with Crippen LogP contribution in [-0.2, 0) is 14.4 Å². The molecule has 0 aliphatic heterocycles. The van der Waals surface area contributed by atoms with Crippen molar-refractivity contribution in [2.24, 2.45) is 46.3 Å². The maximum absolute atomic E-state index is 15.7. The van der Waals surface area contributed by atoms with Crippen molar-refractivity contribution in [1.29, 1.82) is 0 Å². The lowest BCUT2D eigenvalue weighted by molar-refractivity contribution is -0.158. The van der Waals surface area contributed by atoms with E-state index in [1.165, 1.54) is 64.2 Å². The van der Waals surface area contributed by atoms with Gasteiger partial charge in [-0.2, -0.15) is 0 Å². The largest absolute Gasteiger partial charge is 0.299 e. The highest BCUT2D eigenvalue weighted by molar-refractivity contribution is 5.91. The maximum atomic E-state index is 15.7. The van der Waals surface area contributed by atoms with Gasteiger partial charge in [0.15, 0.2) is 0 Å². The van der Waals surface area contributed by atoms with E-state index in [1.807, 2.05) is 0 Å². The normalized spacial score (nSPS) is 31.1. The van der Waals surface area contributed by atoms with E-state index in [-0.39, 0.29) is 22.7 Å². The van der Waals surface area contributed by atoms with Crippen molar-refractivity contribution < 1.29 is 14.4 Å². The molecule has 4 saturated carbocycles. The van der Waals surface area contributed by atoms with Gasteiger partial charge < -0.3 is 0 Å². The molecule has 4 fully saturated rings. The van der Waals surface area contributed by atoms with Crippen LogP contribution in [0.1, 0.15) is 182 Å². The summed E-state index contributed by atoms with van der Waals surface area (Å²) in [6, 6.07) is 0. The first-order chi connectivity index (χ1) is 20.3. The van der Waals surface area contributed by atoms with Crippen LogP contribution in [0.5, 0.6) is 0 Å². The first kappa shape index (κ1) is 33.9. The van der Waals surface area contributed by atoms with Gasteiger partial charge >= 0.3 is 0 Å². The van der Waals surface area contributed by atoms with Crippen LogP contribution in [0.25, 0.3) is 0 Å². The van der Waals surface area contributed by atoms with Gasteiger partial charge in [-0.15, -0.1) is 0 Å². The number of Topliss-reactive ketones (excluding diaryl/α,β-unsaturated/α-hetero) is 3. The zero-order chi connectivity index (χ0) is 30.2. The average Bonchev–Trinajstić information content (AvgIpc) is 3.05. The molecule has 0 bridgehead atoms. The molecule has 0 N–H and O–H groups in total. The fourth-order valence-corrected chi connectivity index (χ4v) is 10.5. The summed E-state index contributed by atoms with van der Waals surface area (Å²) in [6.45, 7) is 9.20. The number of hydrogen-bond acceptors (Lipinski definition) is 3. The van der Waals surface area contributed by atoms with Crippen molar-refractivity contribution in [3.8, 4) is 0 Å². The molecule has 4 aliphatic carbocycles. The summed E-state index contributed by atoms with van der Waals surface area (Å²) in [6.07, 6.45) is 26.4. The van der Waals surface area contributed by atoms with Crippen LogP contribution in [0.15, 0.2) is 0 Å². The van der Waals surface area contributed by atoms with Crippen LogP contribution in [0, 0.1) is 46.3 Å². The Hall–Kier alpha value is -0.990. The zero-order valence-corrected chi connectivity index (χ0v) is 28.2. The van der Waals surface area contributed by atoms with Crippen LogP contribution >= 0.6 is 0 Å². The number of hydrogen-bond donors (Lipinski definition) is 0. The Bertz CT molecular complexity index is 794. The molecule has 3 nitrogen and oxygen atoms in total. The van der Waals surface area contributed by atoms with Crippen LogP contribution in [0.3, 0.4) is 0 Å². The summed E-state index contributed by atoms with van der Waals surface area (Å²) < 4.78 is 0. The minimum atomic E-state index is -0.280. The molecule has 4 rings (SSSR count). The molecule has 0 radical (unpaired) electrons. The van der Waals surface area contributed by atoms with E-state index in [0.717, 1.165) is 89.9 Å². The van der Waals surface area contributed by atoms with Gasteiger partial charge in [0.05, 0.1) is 0 Å². The standard InChI is InChI=1S/C39H66O3/c1-5-7-19-35(40)29-21-25-33(26-22-29)38(3,31-15-11-9-12-16-31)37(42)39(4,32-17-13-10-14-18-32)34-27-23-30(24-28-34)36(41)20-8-6-2/h29-34H,5-28H2,1-4H3. The highest BCUT2D eigenvalue weighted by Gasteiger charge is 2.58. The minimum absolute atomic E-state index is 0.226. The predicted octanol–water partition coefficient (Wildman–Crippen LogP) is 10.9. The fraction of sp³-hybridized carbons (Fsp3) is 0.923. The van der Waals surface area contributed by atoms with Crippen molar-refractivity contribution in [1.82, 2.24) is 0 Å². The third-order valence-electron chi connectivity index (χ3n) is 13.5. The fourth-order valence-electron chi connectivity index (χ4n) is 10.5. The highest BCUT2D eigenvalue weighted by Crippen LogP contribution is 2.59. The zero-order valence-electron chi connectivity index (χ0n) is 28.2. The van der Waals surface area contributed by atoms with Crippen molar-refractivity contribution >= 4 is 17.3 Å². The molecule has 240 valence electrons. The molecule has 2 atom stereocenters. The SMILES string of the molecule is CCCCC(=O)C1CCC(C(C)(C(=O)C(C)(C2CCCCC2)C2CCC(C(=O)CCCC)CC2)C2CCCCC2)CC1. The lowest BCUT2D eigenvalue weighted by Gasteiger charge is -2.55. The molecule has 4 aliphatic rings. The van der Waals surface area contributed by atoms with E-state index in [0.29, 0.717) is 41.0 Å². The van der Waals surface area contributed by atoms with Crippen LogP contribution in [-0.4, -0.2) is 17.3 Å². The van der Waals surface area contributed by atoms with Gasteiger partial charge in [-0.05, 0) is 114 Å². The Kier molecular flexibility index (Phi) is 12.8. The molecular weight excluding hydrogens is 516 g/mol.